The molecule has 0 fully saturated rings. The van der Waals surface area contributed by atoms with Crippen molar-refractivity contribution in [2.45, 2.75) is 6.54 Å². The lowest BCUT2D eigenvalue weighted by molar-refractivity contribution is -0.388. The Kier molecular flexibility index (Phi) is 2.45. The Morgan fingerprint density at radius 2 is 2.50 bits per heavy atom. The lowest BCUT2D eigenvalue weighted by atomic mass is 10.5. The summed E-state index contributed by atoms with van der Waals surface area (Å²) in [6, 6.07) is 0. The third-order valence-corrected chi connectivity index (χ3v) is 1.89. The highest BCUT2D eigenvalue weighted by Crippen LogP contribution is 2.20. The van der Waals surface area contributed by atoms with E-state index in [1.165, 1.54) is 10.9 Å². The predicted molar refractivity (Wildman–Crippen MR) is 51.4 cm³/mol. The molecule has 0 saturated carbocycles. The van der Waals surface area contributed by atoms with Crippen LogP contribution in [0.15, 0.2) is 6.33 Å². The van der Waals surface area contributed by atoms with Gasteiger partial charge in [0.15, 0.2) is 5.82 Å². The Bertz CT molecular complexity index is 489. The first-order valence-electron chi connectivity index (χ1n) is 4.30. The lowest BCUT2D eigenvalue weighted by Gasteiger charge is -2.02. The van der Waals surface area contributed by atoms with Crippen molar-refractivity contribution in [2.24, 2.45) is 7.05 Å². The number of tetrazole rings is 1. The summed E-state index contributed by atoms with van der Waals surface area (Å²) >= 11 is 0. The Morgan fingerprint density at radius 3 is 3.12 bits per heavy atom. The lowest BCUT2D eigenvalue weighted by Crippen LogP contribution is -2.07. The molecule has 10 heteroatoms. The highest BCUT2D eigenvalue weighted by Gasteiger charge is 2.19. The van der Waals surface area contributed by atoms with Gasteiger partial charge in [0.25, 0.3) is 0 Å². The number of nitrogens with zero attached hydrogens (tertiary/aromatic N) is 6. The predicted octanol–water partition coefficient (Wildman–Crippen LogP) is -0.547. The van der Waals surface area contributed by atoms with Crippen LogP contribution in [0.3, 0.4) is 0 Å². The van der Waals surface area contributed by atoms with Gasteiger partial charge < -0.3 is 15.4 Å². The molecule has 10 nitrogen and oxygen atoms in total. The molecule has 0 radical (unpaired) electrons. The molecule has 0 unspecified atom stereocenters. The van der Waals surface area contributed by atoms with E-state index in [2.05, 4.69) is 30.9 Å². The van der Waals surface area contributed by atoms with Gasteiger partial charge in [-0.05, 0) is 9.91 Å². The van der Waals surface area contributed by atoms with Crippen molar-refractivity contribution in [1.29, 1.82) is 0 Å². The number of H-pyrrole nitrogens is 1. The zero-order valence-electron chi connectivity index (χ0n) is 8.28. The minimum Gasteiger partial charge on any atom is -0.358 e. The minimum absolute atomic E-state index is 0.231. The smallest absolute Gasteiger partial charge is 0.358 e. The molecule has 0 aromatic carbocycles. The summed E-state index contributed by atoms with van der Waals surface area (Å²) in [6.07, 6.45) is 1.36. The summed E-state index contributed by atoms with van der Waals surface area (Å²) in [4.78, 5) is 13.7. The van der Waals surface area contributed by atoms with Crippen molar-refractivity contribution < 1.29 is 4.92 Å². The van der Waals surface area contributed by atoms with Gasteiger partial charge in [-0.3, -0.25) is 4.57 Å². The standard InChI is InChI=1S/C6H8N8O2/c1-13-3-8-6(14(15)16)5(13)7-2-4-9-11-12-10-4/h3,7H,2H2,1H3,(H,9,10,11,12). The van der Waals surface area contributed by atoms with E-state index in [4.69, 9.17) is 0 Å². The van der Waals surface area contributed by atoms with E-state index in [0.29, 0.717) is 11.6 Å². The zero-order valence-corrected chi connectivity index (χ0v) is 8.28. The van der Waals surface area contributed by atoms with Gasteiger partial charge in [-0.15, -0.1) is 10.2 Å². The second-order valence-corrected chi connectivity index (χ2v) is 2.97. The van der Waals surface area contributed by atoms with Crippen molar-refractivity contribution >= 4 is 11.6 Å². The third kappa shape index (κ3) is 1.80. The van der Waals surface area contributed by atoms with Crippen LogP contribution in [-0.2, 0) is 13.6 Å². The quantitative estimate of drug-likeness (QED) is 0.526. The maximum absolute atomic E-state index is 10.6. The van der Waals surface area contributed by atoms with Crippen LogP contribution in [0.5, 0.6) is 0 Å². The normalized spacial score (nSPS) is 10.3. The fourth-order valence-electron chi connectivity index (χ4n) is 1.18. The van der Waals surface area contributed by atoms with E-state index in [1.807, 2.05) is 0 Å². The molecule has 0 aliphatic heterocycles. The first kappa shape index (κ1) is 10.0. The summed E-state index contributed by atoms with van der Waals surface area (Å²) < 4.78 is 1.51. The molecule has 0 saturated heterocycles. The highest BCUT2D eigenvalue weighted by molar-refractivity contribution is 5.51. The molecular weight excluding hydrogens is 216 g/mol. The number of anilines is 1. The highest BCUT2D eigenvalue weighted by atomic mass is 16.6. The number of aromatic nitrogens is 6. The van der Waals surface area contributed by atoms with Crippen LogP contribution in [0.4, 0.5) is 11.6 Å². The van der Waals surface area contributed by atoms with E-state index >= 15 is 0 Å². The van der Waals surface area contributed by atoms with Gasteiger partial charge in [0.2, 0.25) is 12.1 Å². The second kappa shape index (κ2) is 3.92. The Labute approximate surface area is 88.8 Å². The van der Waals surface area contributed by atoms with E-state index in [1.54, 1.807) is 7.05 Å². The fourth-order valence-corrected chi connectivity index (χ4v) is 1.18. The van der Waals surface area contributed by atoms with Gasteiger partial charge in [-0.1, -0.05) is 5.21 Å². The second-order valence-electron chi connectivity index (χ2n) is 2.97. The molecule has 0 bridgehead atoms. The number of nitro groups is 1. The van der Waals surface area contributed by atoms with Crippen LogP contribution in [0.25, 0.3) is 0 Å². The van der Waals surface area contributed by atoms with Crippen molar-refractivity contribution in [1.82, 2.24) is 30.2 Å². The molecule has 2 aromatic rings. The largest absolute Gasteiger partial charge is 0.406 e. The molecule has 16 heavy (non-hydrogen) atoms. The van der Waals surface area contributed by atoms with E-state index in [-0.39, 0.29) is 12.4 Å². The number of nitrogens with one attached hydrogen (secondary N) is 2. The van der Waals surface area contributed by atoms with Crippen LogP contribution in [0.2, 0.25) is 0 Å². The summed E-state index contributed by atoms with van der Waals surface area (Å²) in [5.74, 6) is 0.483. The van der Waals surface area contributed by atoms with Crippen LogP contribution < -0.4 is 5.32 Å². The van der Waals surface area contributed by atoms with Gasteiger partial charge in [0.05, 0.1) is 6.54 Å². The van der Waals surface area contributed by atoms with Gasteiger partial charge in [0, 0.05) is 7.05 Å². The van der Waals surface area contributed by atoms with Crippen molar-refractivity contribution in [3.05, 3.63) is 22.3 Å². The van der Waals surface area contributed by atoms with Crippen molar-refractivity contribution in [2.75, 3.05) is 5.32 Å². The first-order valence-corrected chi connectivity index (χ1v) is 4.30. The molecular formula is C6H8N8O2. The summed E-state index contributed by atoms with van der Waals surface area (Å²) in [5, 5.41) is 26.5. The van der Waals surface area contributed by atoms with Gasteiger partial charge in [0.1, 0.15) is 0 Å². The number of hydrogen-bond donors (Lipinski definition) is 2. The number of imidazole rings is 1. The van der Waals surface area contributed by atoms with Crippen molar-refractivity contribution in [3.63, 3.8) is 0 Å². The molecule has 2 N–H and O–H groups in total. The molecule has 2 aromatic heterocycles. The van der Waals surface area contributed by atoms with Gasteiger partial charge in [-0.2, -0.15) is 5.21 Å². The van der Waals surface area contributed by atoms with E-state index in [0.717, 1.165) is 0 Å². The van der Waals surface area contributed by atoms with E-state index < -0.39 is 4.92 Å². The molecule has 0 spiro atoms. The monoisotopic (exact) mass is 224 g/mol. The molecule has 0 aliphatic carbocycles. The minimum atomic E-state index is -0.557. The fraction of sp³-hybridized carbons (Fsp3) is 0.333. The average Bonchev–Trinajstić information content (AvgIpc) is 2.84. The number of aryl methyl sites for hydroxylation is 1. The van der Waals surface area contributed by atoms with Crippen LogP contribution >= 0.6 is 0 Å². The molecule has 2 heterocycles. The van der Waals surface area contributed by atoms with Crippen molar-refractivity contribution in [3.8, 4) is 0 Å². The topological polar surface area (TPSA) is 127 Å². The van der Waals surface area contributed by atoms with Gasteiger partial charge in [-0.25, -0.2) is 0 Å². The summed E-state index contributed by atoms with van der Waals surface area (Å²) in [7, 11) is 1.65. The van der Waals surface area contributed by atoms with Crippen LogP contribution in [0, 0.1) is 10.1 Å². The Morgan fingerprint density at radius 1 is 1.69 bits per heavy atom. The van der Waals surface area contributed by atoms with Crippen LogP contribution in [-0.4, -0.2) is 35.1 Å². The maximum atomic E-state index is 10.6. The van der Waals surface area contributed by atoms with Gasteiger partial charge >= 0.3 is 5.82 Å². The third-order valence-electron chi connectivity index (χ3n) is 1.89. The first-order chi connectivity index (χ1) is 7.68. The SMILES string of the molecule is Cn1cnc([N+](=O)[O-])c1NCc1nn[nH]n1. The maximum Gasteiger partial charge on any atom is 0.406 e. The Hall–Kier alpha value is -2.52. The summed E-state index contributed by atoms with van der Waals surface area (Å²) in [6.45, 7) is 0.233. The molecule has 2 rings (SSSR count). The molecule has 0 aliphatic rings. The molecule has 0 atom stereocenters. The summed E-state index contributed by atoms with van der Waals surface area (Å²) in [5.41, 5.74) is 0. The Balaban J connectivity index is 2.14. The number of hydrogen-bond acceptors (Lipinski definition) is 7. The average molecular weight is 224 g/mol. The zero-order chi connectivity index (χ0) is 11.5. The molecule has 84 valence electrons. The number of rotatable bonds is 4. The molecule has 0 amide bonds. The van der Waals surface area contributed by atoms with E-state index in [9.17, 15) is 10.1 Å². The van der Waals surface area contributed by atoms with Crippen LogP contribution in [0.1, 0.15) is 5.82 Å². The number of aromatic amines is 1.